The van der Waals surface area contributed by atoms with Crippen LogP contribution in [0.1, 0.15) is 26.2 Å². The van der Waals surface area contributed by atoms with E-state index in [2.05, 4.69) is 37.8 Å². The lowest BCUT2D eigenvalue weighted by molar-refractivity contribution is -0.411. The maximum absolute atomic E-state index is 5.74. The van der Waals surface area contributed by atoms with Crippen molar-refractivity contribution in [1.82, 2.24) is 0 Å². The van der Waals surface area contributed by atoms with Gasteiger partial charge in [-0.05, 0) is 49.8 Å². The van der Waals surface area contributed by atoms with Gasteiger partial charge in [-0.2, -0.15) is 0 Å². The van der Waals surface area contributed by atoms with E-state index in [4.69, 9.17) is 9.78 Å². The Morgan fingerprint density at radius 1 is 1.37 bits per heavy atom. The fourth-order valence-electron chi connectivity index (χ4n) is 2.85. The van der Waals surface area contributed by atoms with Crippen LogP contribution in [0.3, 0.4) is 0 Å². The molecular weight excluding hydrogens is 256 g/mol. The van der Waals surface area contributed by atoms with E-state index < -0.39 is 0 Å². The summed E-state index contributed by atoms with van der Waals surface area (Å²) >= 11 is 1.84. The van der Waals surface area contributed by atoms with Crippen LogP contribution in [-0.2, 0) is 9.78 Å². The van der Waals surface area contributed by atoms with Gasteiger partial charge in [0.25, 0.3) is 0 Å². The quantitative estimate of drug-likeness (QED) is 0.468. The predicted molar refractivity (Wildman–Crippen MR) is 78.0 cm³/mol. The molecule has 1 aromatic carbocycles. The molecule has 102 valence electrons. The number of fused-ring (bicyclic) bond motifs is 2. The van der Waals surface area contributed by atoms with Gasteiger partial charge in [-0.1, -0.05) is 24.8 Å². The highest BCUT2D eigenvalue weighted by atomic mass is 32.2. The Labute approximate surface area is 119 Å². The number of thioether (sulfide) groups is 1. The molecule has 1 aromatic rings. The molecule has 0 unspecified atom stereocenters. The summed E-state index contributed by atoms with van der Waals surface area (Å²) in [6.07, 6.45) is 3.42. The Bertz CT molecular complexity index is 459. The third-order valence-corrected chi connectivity index (χ3v) is 5.58. The summed E-state index contributed by atoms with van der Waals surface area (Å²) in [6, 6.07) is 10.5. The maximum atomic E-state index is 5.74. The Morgan fingerprint density at radius 3 is 2.95 bits per heavy atom. The van der Waals surface area contributed by atoms with Crippen LogP contribution >= 0.6 is 11.8 Å². The molecule has 2 bridgehead atoms. The number of benzene rings is 1. The zero-order valence-corrected chi connectivity index (χ0v) is 12.1. The monoisotopic (exact) mass is 276 g/mol. The maximum Gasteiger partial charge on any atom is 0.114 e. The van der Waals surface area contributed by atoms with Crippen LogP contribution in [0.15, 0.2) is 47.4 Å². The standard InChI is InChI=1S/C16H20O2S/c1-12-8-9-13-10-15(12)17-18-16(13,2)11-19-14-6-4-3-5-7-14/h3-7,13,15H,1,8-11H2,2H3/t13-,15-,16+/m1/s1. The molecule has 0 radical (unpaired) electrons. The van der Waals surface area contributed by atoms with Crippen molar-refractivity contribution < 1.29 is 9.78 Å². The zero-order valence-electron chi connectivity index (χ0n) is 11.3. The smallest absolute Gasteiger partial charge is 0.114 e. The SMILES string of the molecule is C=C1CC[C@@H]2C[C@H]1OO[C@@]2(C)CSc1ccccc1. The predicted octanol–water partition coefficient (Wildman–Crippen LogP) is 4.22. The van der Waals surface area contributed by atoms with Gasteiger partial charge < -0.3 is 0 Å². The molecule has 1 aliphatic carbocycles. The second-order valence-electron chi connectivity index (χ2n) is 5.71. The average Bonchev–Trinajstić information content (AvgIpc) is 2.45. The van der Waals surface area contributed by atoms with Gasteiger partial charge >= 0.3 is 0 Å². The highest BCUT2D eigenvalue weighted by Gasteiger charge is 2.45. The van der Waals surface area contributed by atoms with E-state index in [1.54, 1.807) is 0 Å². The molecule has 2 aliphatic rings. The molecule has 1 saturated heterocycles. The summed E-state index contributed by atoms with van der Waals surface area (Å²) in [5.74, 6) is 1.51. The minimum Gasteiger partial charge on any atom is -0.229 e. The Hall–Kier alpha value is -0.770. The molecule has 0 aromatic heterocycles. The van der Waals surface area contributed by atoms with Gasteiger partial charge in [0.15, 0.2) is 0 Å². The van der Waals surface area contributed by atoms with Gasteiger partial charge in [-0.3, -0.25) is 0 Å². The van der Waals surface area contributed by atoms with Crippen molar-refractivity contribution in [2.24, 2.45) is 5.92 Å². The lowest BCUT2D eigenvalue weighted by Gasteiger charge is -2.46. The molecule has 0 spiro atoms. The van der Waals surface area contributed by atoms with Crippen molar-refractivity contribution in [3.05, 3.63) is 42.5 Å². The van der Waals surface area contributed by atoms with Gasteiger partial charge in [0.1, 0.15) is 11.7 Å². The molecule has 2 nitrogen and oxygen atoms in total. The average molecular weight is 276 g/mol. The van der Waals surface area contributed by atoms with Gasteiger partial charge in [0.05, 0.1) is 0 Å². The normalized spacial score (nSPS) is 34.3. The summed E-state index contributed by atoms with van der Waals surface area (Å²) in [5.41, 5.74) is 1.01. The molecule has 3 heteroatoms. The highest BCUT2D eigenvalue weighted by molar-refractivity contribution is 7.99. The van der Waals surface area contributed by atoms with E-state index >= 15 is 0 Å². The van der Waals surface area contributed by atoms with Crippen LogP contribution in [-0.4, -0.2) is 17.5 Å². The van der Waals surface area contributed by atoms with E-state index in [0.29, 0.717) is 5.92 Å². The Balaban J connectivity index is 1.65. The van der Waals surface area contributed by atoms with Gasteiger partial charge in [0, 0.05) is 10.6 Å². The molecule has 1 saturated carbocycles. The molecule has 3 atom stereocenters. The van der Waals surface area contributed by atoms with E-state index in [-0.39, 0.29) is 11.7 Å². The summed E-state index contributed by atoms with van der Waals surface area (Å²) in [6.45, 7) is 6.24. The van der Waals surface area contributed by atoms with Crippen LogP contribution in [0.25, 0.3) is 0 Å². The van der Waals surface area contributed by atoms with E-state index in [1.807, 2.05) is 17.8 Å². The molecule has 1 heterocycles. The molecular formula is C16H20O2S. The van der Waals surface area contributed by atoms with Crippen LogP contribution in [0, 0.1) is 5.92 Å². The first-order valence-electron chi connectivity index (χ1n) is 6.87. The fourth-order valence-corrected chi connectivity index (χ4v) is 3.93. The van der Waals surface area contributed by atoms with Gasteiger partial charge in [-0.25, -0.2) is 9.78 Å². The molecule has 1 aliphatic heterocycles. The summed E-state index contributed by atoms with van der Waals surface area (Å²) in [5, 5.41) is 0. The second-order valence-corrected chi connectivity index (χ2v) is 6.76. The minimum absolute atomic E-state index is 0.119. The third kappa shape index (κ3) is 2.73. The lowest BCUT2D eigenvalue weighted by atomic mass is 9.75. The van der Waals surface area contributed by atoms with E-state index in [9.17, 15) is 0 Å². The summed E-state index contributed by atoms with van der Waals surface area (Å²) in [4.78, 5) is 12.6. The van der Waals surface area contributed by atoms with Crippen LogP contribution < -0.4 is 0 Å². The van der Waals surface area contributed by atoms with Crippen molar-refractivity contribution in [3.8, 4) is 0 Å². The number of rotatable bonds is 3. The first-order chi connectivity index (χ1) is 9.17. The largest absolute Gasteiger partial charge is 0.229 e. The molecule has 0 N–H and O–H groups in total. The first-order valence-corrected chi connectivity index (χ1v) is 7.86. The zero-order chi connectivity index (χ0) is 13.3. The Kier molecular flexibility index (Phi) is 3.70. The molecule has 2 fully saturated rings. The topological polar surface area (TPSA) is 18.5 Å². The molecule has 3 rings (SSSR count). The minimum atomic E-state index is -0.183. The lowest BCUT2D eigenvalue weighted by Crippen LogP contribution is -2.49. The van der Waals surface area contributed by atoms with Crippen molar-refractivity contribution in [1.29, 1.82) is 0 Å². The molecule has 0 amide bonds. The van der Waals surface area contributed by atoms with E-state index in [0.717, 1.165) is 18.6 Å². The van der Waals surface area contributed by atoms with Gasteiger partial charge in [-0.15, -0.1) is 11.8 Å². The van der Waals surface area contributed by atoms with Gasteiger partial charge in [0.2, 0.25) is 0 Å². The third-order valence-electron chi connectivity index (χ3n) is 4.25. The number of hydrogen-bond donors (Lipinski definition) is 0. The van der Waals surface area contributed by atoms with Crippen molar-refractivity contribution in [2.45, 2.75) is 42.8 Å². The highest BCUT2D eigenvalue weighted by Crippen LogP contribution is 2.44. The van der Waals surface area contributed by atoms with Crippen LogP contribution in [0.5, 0.6) is 0 Å². The summed E-state index contributed by atoms with van der Waals surface area (Å²) < 4.78 is 0. The fraction of sp³-hybridized carbons (Fsp3) is 0.500. The number of hydrogen-bond acceptors (Lipinski definition) is 3. The Morgan fingerprint density at radius 2 is 2.16 bits per heavy atom. The first kappa shape index (κ1) is 13.2. The van der Waals surface area contributed by atoms with Crippen molar-refractivity contribution >= 4 is 11.8 Å². The van der Waals surface area contributed by atoms with Crippen molar-refractivity contribution in [3.63, 3.8) is 0 Å². The molecule has 19 heavy (non-hydrogen) atoms. The van der Waals surface area contributed by atoms with Crippen molar-refractivity contribution in [2.75, 3.05) is 5.75 Å². The summed E-state index contributed by atoms with van der Waals surface area (Å²) in [7, 11) is 0. The van der Waals surface area contributed by atoms with E-state index in [1.165, 1.54) is 16.9 Å². The van der Waals surface area contributed by atoms with Crippen LogP contribution in [0.4, 0.5) is 0 Å². The van der Waals surface area contributed by atoms with Crippen LogP contribution in [0.2, 0.25) is 0 Å². The second kappa shape index (κ2) is 5.31.